The minimum Gasteiger partial charge on any atom is -0.464 e. The molecule has 0 N–H and O–H groups in total. The van der Waals surface area contributed by atoms with Crippen LogP contribution in [0.4, 0.5) is 0 Å². The first kappa shape index (κ1) is 10.9. The molecular formula is C10H11N3O2S. The Morgan fingerprint density at radius 3 is 2.94 bits per heavy atom. The first-order chi connectivity index (χ1) is 7.67. The van der Waals surface area contributed by atoms with E-state index in [1.165, 1.54) is 18.9 Å². The van der Waals surface area contributed by atoms with Gasteiger partial charge in [-0.25, -0.2) is 14.8 Å². The summed E-state index contributed by atoms with van der Waals surface area (Å²) in [6.07, 6.45) is 3.62. The van der Waals surface area contributed by atoms with Crippen LogP contribution in [-0.4, -0.2) is 33.9 Å². The monoisotopic (exact) mass is 237 g/mol. The van der Waals surface area contributed by atoms with E-state index in [4.69, 9.17) is 4.74 Å². The third-order valence-electron chi connectivity index (χ3n) is 2.32. The van der Waals surface area contributed by atoms with Gasteiger partial charge < -0.3 is 9.30 Å². The lowest BCUT2D eigenvalue weighted by Gasteiger charge is -2.01. The van der Waals surface area contributed by atoms with Gasteiger partial charge in [0.15, 0.2) is 5.16 Å². The summed E-state index contributed by atoms with van der Waals surface area (Å²) in [5.74, 6) is -0.369. The Kier molecular flexibility index (Phi) is 2.82. The molecule has 0 aliphatic rings. The Balaban J connectivity index is 2.64. The van der Waals surface area contributed by atoms with Crippen molar-refractivity contribution in [2.45, 2.75) is 5.16 Å². The molecule has 0 spiro atoms. The zero-order valence-corrected chi connectivity index (χ0v) is 10.0. The molecule has 0 aromatic carbocycles. The number of aromatic nitrogens is 3. The molecular weight excluding hydrogens is 226 g/mol. The zero-order valence-electron chi connectivity index (χ0n) is 9.22. The topological polar surface area (TPSA) is 57.0 Å². The third kappa shape index (κ3) is 1.65. The van der Waals surface area contributed by atoms with Crippen LogP contribution in [0, 0.1) is 0 Å². The molecule has 16 heavy (non-hydrogen) atoms. The first-order valence-electron chi connectivity index (χ1n) is 4.62. The number of hydrogen-bond donors (Lipinski definition) is 0. The second kappa shape index (κ2) is 4.13. The standard InChI is InChI=1S/C10H11N3O2S/c1-13-7(9(14)15-2)4-6-5-11-10(16-3)12-8(6)13/h4-5H,1-3H3. The Bertz CT molecular complexity index is 550. The Morgan fingerprint density at radius 1 is 1.56 bits per heavy atom. The largest absolute Gasteiger partial charge is 0.464 e. The third-order valence-corrected chi connectivity index (χ3v) is 2.88. The van der Waals surface area contributed by atoms with Crippen molar-refractivity contribution >= 4 is 28.8 Å². The van der Waals surface area contributed by atoms with Crippen molar-refractivity contribution in [2.24, 2.45) is 7.05 Å². The van der Waals surface area contributed by atoms with Gasteiger partial charge in [-0.1, -0.05) is 11.8 Å². The predicted molar refractivity (Wildman–Crippen MR) is 61.6 cm³/mol. The van der Waals surface area contributed by atoms with Gasteiger partial charge in [-0.15, -0.1) is 0 Å². The van der Waals surface area contributed by atoms with E-state index in [1.54, 1.807) is 23.9 Å². The summed E-state index contributed by atoms with van der Waals surface area (Å²) >= 11 is 1.46. The van der Waals surface area contributed by atoms with E-state index in [-0.39, 0.29) is 5.97 Å². The van der Waals surface area contributed by atoms with Crippen molar-refractivity contribution in [2.75, 3.05) is 13.4 Å². The molecule has 0 amide bonds. The number of carbonyl (C=O) groups excluding carboxylic acids is 1. The summed E-state index contributed by atoms with van der Waals surface area (Å²) in [5, 5.41) is 1.52. The average molecular weight is 237 g/mol. The zero-order chi connectivity index (χ0) is 11.7. The summed E-state index contributed by atoms with van der Waals surface area (Å²) in [7, 11) is 3.14. The van der Waals surface area contributed by atoms with Crippen molar-refractivity contribution in [3.63, 3.8) is 0 Å². The fourth-order valence-electron chi connectivity index (χ4n) is 1.49. The number of ether oxygens (including phenoxy) is 1. The summed E-state index contributed by atoms with van der Waals surface area (Å²) in [5.41, 5.74) is 1.21. The molecule has 5 nitrogen and oxygen atoms in total. The number of methoxy groups -OCH3 is 1. The van der Waals surface area contributed by atoms with E-state index in [9.17, 15) is 4.79 Å². The second-order valence-corrected chi connectivity index (χ2v) is 3.99. The summed E-state index contributed by atoms with van der Waals surface area (Å²) in [4.78, 5) is 20.0. The number of rotatable bonds is 2. The Hall–Kier alpha value is -1.56. The summed E-state index contributed by atoms with van der Waals surface area (Å²) in [6, 6.07) is 1.73. The molecule has 0 radical (unpaired) electrons. The second-order valence-electron chi connectivity index (χ2n) is 3.22. The number of esters is 1. The molecule has 0 aliphatic heterocycles. The Morgan fingerprint density at radius 2 is 2.31 bits per heavy atom. The van der Waals surface area contributed by atoms with Gasteiger partial charge in [-0.05, 0) is 12.3 Å². The molecule has 0 atom stereocenters. The smallest absolute Gasteiger partial charge is 0.354 e. The molecule has 0 saturated carbocycles. The number of nitrogens with zero attached hydrogens (tertiary/aromatic N) is 3. The van der Waals surface area contributed by atoms with Gasteiger partial charge in [0.2, 0.25) is 0 Å². The molecule has 2 rings (SSSR count). The predicted octanol–water partition coefficient (Wildman–Crippen LogP) is 1.48. The highest BCUT2D eigenvalue weighted by atomic mass is 32.2. The van der Waals surface area contributed by atoms with Crippen molar-refractivity contribution < 1.29 is 9.53 Å². The lowest BCUT2D eigenvalue weighted by atomic mass is 10.4. The van der Waals surface area contributed by atoms with Crippen LogP contribution in [0.2, 0.25) is 0 Å². The number of fused-ring (bicyclic) bond motifs is 1. The lowest BCUT2D eigenvalue weighted by Crippen LogP contribution is -2.07. The van der Waals surface area contributed by atoms with Crippen LogP contribution in [0.3, 0.4) is 0 Å². The number of thioether (sulfide) groups is 1. The van der Waals surface area contributed by atoms with Gasteiger partial charge in [0.05, 0.1) is 7.11 Å². The van der Waals surface area contributed by atoms with E-state index in [0.29, 0.717) is 10.9 Å². The number of hydrogen-bond acceptors (Lipinski definition) is 5. The van der Waals surface area contributed by atoms with Crippen LogP contribution in [0.15, 0.2) is 17.4 Å². The molecule has 6 heteroatoms. The molecule has 0 unspecified atom stereocenters. The fraction of sp³-hybridized carbons (Fsp3) is 0.300. The lowest BCUT2D eigenvalue weighted by molar-refractivity contribution is 0.0590. The van der Waals surface area contributed by atoms with Crippen molar-refractivity contribution in [3.8, 4) is 0 Å². The van der Waals surface area contributed by atoms with Crippen LogP contribution in [0.25, 0.3) is 11.0 Å². The number of aryl methyl sites for hydroxylation is 1. The molecule has 0 bridgehead atoms. The quantitative estimate of drug-likeness (QED) is 0.450. The van der Waals surface area contributed by atoms with Gasteiger partial charge in [0.25, 0.3) is 0 Å². The first-order valence-corrected chi connectivity index (χ1v) is 5.84. The molecule has 0 aliphatic carbocycles. The van der Waals surface area contributed by atoms with Gasteiger partial charge >= 0.3 is 5.97 Å². The number of carbonyl (C=O) groups is 1. The molecule has 0 saturated heterocycles. The normalized spacial score (nSPS) is 10.7. The molecule has 2 heterocycles. The minimum absolute atomic E-state index is 0.369. The van der Waals surface area contributed by atoms with Crippen molar-refractivity contribution in [1.29, 1.82) is 0 Å². The van der Waals surface area contributed by atoms with Crippen LogP contribution in [-0.2, 0) is 11.8 Å². The minimum atomic E-state index is -0.369. The van der Waals surface area contributed by atoms with E-state index >= 15 is 0 Å². The maximum absolute atomic E-state index is 11.5. The highest BCUT2D eigenvalue weighted by Gasteiger charge is 2.14. The van der Waals surface area contributed by atoms with E-state index in [2.05, 4.69) is 9.97 Å². The molecule has 0 fully saturated rings. The van der Waals surface area contributed by atoms with Crippen LogP contribution in [0.1, 0.15) is 10.5 Å². The maximum atomic E-state index is 11.5. The van der Waals surface area contributed by atoms with Crippen molar-refractivity contribution in [3.05, 3.63) is 18.0 Å². The molecule has 84 valence electrons. The highest BCUT2D eigenvalue weighted by molar-refractivity contribution is 7.98. The fourth-order valence-corrected chi connectivity index (χ4v) is 1.83. The van der Waals surface area contributed by atoms with Gasteiger partial charge in [0, 0.05) is 18.6 Å². The Labute approximate surface area is 96.8 Å². The summed E-state index contributed by atoms with van der Waals surface area (Å²) in [6.45, 7) is 0. The van der Waals surface area contributed by atoms with E-state index in [1.807, 2.05) is 6.26 Å². The van der Waals surface area contributed by atoms with Crippen LogP contribution < -0.4 is 0 Å². The van der Waals surface area contributed by atoms with Gasteiger partial charge in [-0.3, -0.25) is 0 Å². The molecule has 2 aromatic heterocycles. The van der Waals surface area contributed by atoms with Crippen LogP contribution >= 0.6 is 11.8 Å². The average Bonchev–Trinajstić information content (AvgIpc) is 2.65. The van der Waals surface area contributed by atoms with E-state index in [0.717, 1.165) is 11.0 Å². The van der Waals surface area contributed by atoms with Gasteiger partial charge in [-0.2, -0.15) is 0 Å². The van der Waals surface area contributed by atoms with Crippen molar-refractivity contribution in [1.82, 2.24) is 14.5 Å². The maximum Gasteiger partial charge on any atom is 0.354 e. The molecule has 2 aromatic rings. The SMILES string of the molecule is COC(=O)c1cc2cnc(SC)nc2n1C. The summed E-state index contributed by atoms with van der Waals surface area (Å²) < 4.78 is 6.40. The highest BCUT2D eigenvalue weighted by Crippen LogP contribution is 2.19. The van der Waals surface area contributed by atoms with E-state index < -0.39 is 0 Å². The van der Waals surface area contributed by atoms with Gasteiger partial charge in [0.1, 0.15) is 11.3 Å². The van der Waals surface area contributed by atoms with Crippen LogP contribution in [0.5, 0.6) is 0 Å².